The molecule has 0 fully saturated rings. The van der Waals surface area contributed by atoms with E-state index in [1.165, 1.54) is 18.2 Å². The van der Waals surface area contributed by atoms with Gasteiger partial charge in [0, 0.05) is 22.6 Å². The van der Waals surface area contributed by atoms with Crippen molar-refractivity contribution in [2.24, 2.45) is 0 Å². The summed E-state index contributed by atoms with van der Waals surface area (Å²) < 4.78 is 42.5. The van der Waals surface area contributed by atoms with Crippen molar-refractivity contribution >= 4 is 37.5 Å². The molecule has 0 radical (unpaired) electrons. The van der Waals surface area contributed by atoms with Gasteiger partial charge in [0.2, 0.25) is 15.9 Å². The smallest absolute Gasteiger partial charge is 0.242 e. The van der Waals surface area contributed by atoms with Crippen LogP contribution in [0.2, 0.25) is 0 Å². The number of benzene rings is 2. The molecule has 2 N–H and O–H groups in total. The zero-order valence-corrected chi connectivity index (χ0v) is 16.1. The maximum absolute atomic E-state index is 13.6. The fraction of sp³-hybridized carbons (Fsp3) is 0.278. The number of fused-ring (bicyclic) bond motifs is 2. The molecule has 0 aromatic heterocycles. The first-order valence-electron chi connectivity index (χ1n) is 8.26. The largest absolute Gasteiger partial charge is 0.326 e. The molecule has 8 heteroatoms. The topological polar surface area (TPSA) is 75.3 Å². The lowest BCUT2D eigenvalue weighted by atomic mass is 10.0. The number of carbonyl (C=O) groups is 1. The van der Waals surface area contributed by atoms with Crippen molar-refractivity contribution in [3.8, 4) is 0 Å². The molecule has 1 amide bonds. The molecule has 1 aliphatic carbocycles. The number of aryl methyl sites for hydroxylation is 2. The van der Waals surface area contributed by atoms with Gasteiger partial charge in [0.25, 0.3) is 0 Å². The van der Waals surface area contributed by atoms with Crippen LogP contribution < -0.4 is 10.0 Å². The highest BCUT2D eigenvalue weighted by atomic mass is 79.9. The van der Waals surface area contributed by atoms with Gasteiger partial charge in [-0.05, 0) is 76.1 Å². The van der Waals surface area contributed by atoms with E-state index < -0.39 is 16.1 Å². The Bertz CT molecular complexity index is 1020. The first kappa shape index (κ1) is 17.6. The van der Waals surface area contributed by atoms with E-state index in [0.717, 1.165) is 11.1 Å². The molecular formula is C18H16BrFN2O3S. The minimum Gasteiger partial charge on any atom is -0.326 e. The van der Waals surface area contributed by atoms with Crippen LogP contribution in [-0.4, -0.2) is 14.3 Å². The summed E-state index contributed by atoms with van der Waals surface area (Å²) >= 11 is 3.33. The molecule has 0 saturated carbocycles. The molecule has 2 aliphatic rings. The third-order valence-corrected chi connectivity index (χ3v) is 7.26. The number of amides is 1. The van der Waals surface area contributed by atoms with Gasteiger partial charge in [-0.3, -0.25) is 4.79 Å². The Morgan fingerprint density at radius 2 is 1.92 bits per heavy atom. The average Bonchev–Trinajstić information content (AvgIpc) is 2.96. The Morgan fingerprint density at radius 1 is 1.12 bits per heavy atom. The van der Waals surface area contributed by atoms with E-state index in [-0.39, 0.29) is 16.6 Å². The van der Waals surface area contributed by atoms with Crippen molar-refractivity contribution in [3.63, 3.8) is 0 Å². The molecule has 136 valence electrons. The molecule has 2 aromatic carbocycles. The summed E-state index contributed by atoms with van der Waals surface area (Å²) in [6.45, 7) is 0. The normalized spacial score (nSPS) is 19.0. The highest BCUT2D eigenvalue weighted by Gasteiger charge is 2.30. The lowest BCUT2D eigenvalue weighted by Gasteiger charge is -2.20. The van der Waals surface area contributed by atoms with Crippen LogP contribution in [0, 0.1) is 5.82 Å². The number of nitrogens with one attached hydrogen (secondary N) is 2. The summed E-state index contributed by atoms with van der Waals surface area (Å²) in [5, 5.41) is 2.71. The van der Waals surface area contributed by atoms with Crippen LogP contribution in [0.5, 0.6) is 0 Å². The second kappa shape index (κ2) is 6.44. The lowest BCUT2D eigenvalue weighted by molar-refractivity contribution is -0.116. The van der Waals surface area contributed by atoms with Crippen LogP contribution in [0.1, 0.15) is 35.6 Å². The van der Waals surface area contributed by atoms with Gasteiger partial charge in [-0.1, -0.05) is 6.07 Å². The number of hydrogen-bond acceptors (Lipinski definition) is 3. The molecule has 26 heavy (non-hydrogen) atoms. The van der Waals surface area contributed by atoms with E-state index in [1.54, 1.807) is 12.1 Å². The van der Waals surface area contributed by atoms with Crippen LogP contribution in [0.3, 0.4) is 0 Å². The van der Waals surface area contributed by atoms with Crippen molar-refractivity contribution in [1.82, 2.24) is 4.72 Å². The first-order valence-corrected chi connectivity index (χ1v) is 10.5. The summed E-state index contributed by atoms with van der Waals surface area (Å²) in [6, 6.07) is 7.20. The SMILES string of the molecule is O=C1CCc2cc(Br)c(S(=O)(=O)NC3CCc4ccc(F)cc43)cc2N1. The predicted octanol–water partition coefficient (Wildman–Crippen LogP) is 3.44. The highest BCUT2D eigenvalue weighted by Crippen LogP contribution is 2.36. The summed E-state index contributed by atoms with van der Waals surface area (Å²) in [5.74, 6) is -0.510. The Balaban J connectivity index is 1.67. The number of anilines is 1. The van der Waals surface area contributed by atoms with Crippen LogP contribution in [0.4, 0.5) is 10.1 Å². The Hall–Kier alpha value is -1.77. The van der Waals surface area contributed by atoms with E-state index in [9.17, 15) is 17.6 Å². The monoisotopic (exact) mass is 438 g/mol. The minimum absolute atomic E-state index is 0.0586. The third-order valence-electron chi connectivity index (χ3n) is 4.83. The number of carbonyl (C=O) groups excluding carboxylic acids is 1. The van der Waals surface area contributed by atoms with Gasteiger partial charge < -0.3 is 5.32 Å². The van der Waals surface area contributed by atoms with Crippen molar-refractivity contribution < 1.29 is 17.6 Å². The fourth-order valence-corrected chi connectivity index (χ4v) is 5.90. The van der Waals surface area contributed by atoms with Crippen LogP contribution in [0.25, 0.3) is 0 Å². The number of halogens is 2. The van der Waals surface area contributed by atoms with Crippen molar-refractivity contribution in [3.05, 3.63) is 57.3 Å². The molecule has 1 heterocycles. The molecule has 5 nitrogen and oxygen atoms in total. The summed E-state index contributed by atoms with van der Waals surface area (Å²) in [4.78, 5) is 11.7. The van der Waals surface area contributed by atoms with E-state index >= 15 is 0 Å². The maximum atomic E-state index is 13.6. The van der Waals surface area contributed by atoms with Crippen LogP contribution >= 0.6 is 15.9 Å². The van der Waals surface area contributed by atoms with E-state index in [2.05, 4.69) is 26.0 Å². The standard InChI is InChI=1S/C18H16BrFN2O3S/c19-14-7-11-3-6-18(23)21-16(11)9-17(14)26(24,25)22-15-5-2-10-1-4-12(20)8-13(10)15/h1,4,7-9,15,22H,2-3,5-6H2,(H,21,23). The minimum atomic E-state index is -3.85. The molecule has 0 spiro atoms. The average molecular weight is 439 g/mol. The highest BCUT2D eigenvalue weighted by molar-refractivity contribution is 9.10. The van der Waals surface area contributed by atoms with Gasteiger partial charge in [-0.25, -0.2) is 17.5 Å². The maximum Gasteiger partial charge on any atom is 0.242 e. The third kappa shape index (κ3) is 3.17. The number of hydrogen-bond donors (Lipinski definition) is 2. The van der Waals surface area contributed by atoms with E-state index in [0.29, 0.717) is 41.4 Å². The lowest BCUT2D eigenvalue weighted by Crippen LogP contribution is -2.28. The zero-order valence-electron chi connectivity index (χ0n) is 13.7. The van der Waals surface area contributed by atoms with Crippen molar-refractivity contribution in [2.45, 2.75) is 36.6 Å². The fourth-order valence-electron chi connectivity index (χ4n) is 3.53. The van der Waals surface area contributed by atoms with Gasteiger partial charge in [0.05, 0.1) is 4.90 Å². The van der Waals surface area contributed by atoms with E-state index in [1.807, 2.05) is 0 Å². The first-order chi connectivity index (χ1) is 12.3. The van der Waals surface area contributed by atoms with Gasteiger partial charge in [0.15, 0.2) is 0 Å². The molecule has 1 aliphatic heterocycles. The van der Waals surface area contributed by atoms with Gasteiger partial charge in [0.1, 0.15) is 5.82 Å². The van der Waals surface area contributed by atoms with Gasteiger partial charge in [-0.2, -0.15) is 0 Å². The summed E-state index contributed by atoms with van der Waals surface area (Å²) in [7, 11) is -3.85. The Kier molecular flexibility index (Phi) is 4.37. The second-order valence-corrected chi connectivity index (χ2v) is 9.08. The molecular weight excluding hydrogens is 423 g/mol. The summed E-state index contributed by atoms with van der Waals surface area (Å²) in [5.41, 5.74) is 3.04. The van der Waals surface area contributed by atoms with Crippen molar-refractivity contribution in [2.75, 3.05) is 5.32 Å². The van der Waals surface area contributed by atoms with Crippen molar-refractivity contribution in [1.29, 1.82) is 0 Å². The zero-order chi connectivity index (χ0) is 18.5. The van der Waals surface area contributed by atoms with Crippen LogP contribution in [-0.2, 0) is 27.7 Å². The molecule has 0 saturated heterocycles. The van der Waals surface area contributed by atoms with Gasteiger partial charge in [-0.15, -0.1) is 0 Å². The molecule has 2 aromatic rings. The predicted molar refractivity (Wildman–Crippen MR) is 98.9 cm³/mol. The van der Waals surface area contributed by atoms with E-state index in [4.69, 9.17) is 0 Å². The molecule has 4 rings (SSSR count). The Morgan fingerprint density at radius 3 is 2.73 bits per heavy atom. The van der Waals surface area contributed by atoms with Crippen LogP contribution in [0.15, 0.2) is 39.7 Å². The Labute approximate surface area is 159 Å². The summed E-state index contributed by atoms with van der Waals surface area (Å²) in [6.07, 6.45) is 2.23. The second-order valence-electron chi connectivity index (χ2n) is 6.54. The van der Waals surface area contributed by atoms with Gasteiger partial charge >= 0.3 is 0 Å². The number of sulfonamides is 1. The number of rotatable bonds is 3. The molecule has 1 atom stereocenters. The quantitative estimate of drug-likeness (QED) is 0.770. The molecule has 1 unspecified atom stereocenters. The molecule has 0 bridgehead atoms.